The molecule has 0 spiro atoms. The summed E-state index contributed by atoms with van der Waals surface area (Å²) in [7, 11) is -3.03. The third kappa shape index (κ3) is 3.56. The highest BCUT2D eigenvalue weighted by molar-refractivity contribution is 7.54. The molecular weight excluding hydrogens is 262 g/mol. The summed E-state index contributed by atoms with van der Waals surface area (Å²) in [6.45, 7) is 1.03. The largest absolute Gasteiger partial charge is 0.395 e. The Morgan fingerprint density at radius 2 is 2.07 bits per heavy atom. The van der Waals surface area contributed by atoms with Crippen LogP contribution in [0.3, 0.4) is 0 Å². The Morgan fingerprint density at radius 1 is 1.47 bits per heavy atom. The zero-order valence-corrected chi connectivity index (χ0v) is 10.6. The molecule has 0 aromatic carbocycles. The van der Waals surface area contributed by atoms with E-state index in [9.17, 15) is 4.57 Å². The van der Waals surface area contributed by atoms with E-state index in [1.807, 2.05) is 0 Å². The van der Waals surface area contributed by atoms with Crippen molar-refractivity contribution in [1.29, 1.82) is 0 Å². The highest BCUT2D eigenvalue weighted by Crippen LogP contribution is 2.50. The summed E-state index contributed by atoms with van der Waals surface area (Å²) in [6.07, 6.45) is 0. The van der Waals surface area contributed by atoms with Gasteiger partial charge in [0.05, 0.1) is 19.3 Å². The van der Waals surface area contributed by atoms with Crippen LogP contribution in [0.5, 0.6) is 0 Å². The van der Waals surface area contributed by atoms with Crippen LogP contribution in [-0.4, -0.2) is 53.9 Å². The molecule has 0 aliphatic carbocycles. The van der Waals surface area contributed by atoms with Gasteiger partial charge in [-0.15, -0.1) is 23.2 Å². The molecule has 5 nitrogen and oxygen atoms in total. The van der Waals surface area contributed by atoms with Gasteiger partial charge in [0.25, 0.3) is 0 Å². The highest BCUT2D eigenvalue weighted by atomic mass is 35.5. The SMILES string of the molecule is O=P1(N(CCCl)CCCl)NC(CO)CO1. The molecule has 15 heavy (non-hydrogen) atoms. The minimum Gasteiger partial charge on any atom is -0.395 e. The van der Waals surface area contributed by atoms with Crippen molar-refractivity contribution in [3.8, 4) is 0 Å². The summed E-state index contributed by atoms with van der Waals surface area (Å²) in [4.78, 5) is 0. The monoisotopic (exact) mass is 276 g/mol. The maximum Gasteiger partial charge on any atom is 0.343 e. The fourth-order valence-electron chi connectivity index (χ4n) is 1.32. The molecule has 1 aliphatic heterocycles. The van der Waals surface area contributed by atoms with Crippen molar-refractivity contribution in [2.75, 3.05) is 38.1 Å². The van der Waals surface area contributed by atoms with Gasteiger partial charge >= 0.3 is 7.67 Å². The molecule has 90 valence electrons. The highest BCUT2D eigenvalue weighted by Gasteiger charge is 2.39. The second-order valence-corrected chi connectivity index (χ2v) is 6.04. The van der Waals surface area contributed by atoms with Crippen LogP contribution < -0.4 is 5.09 Å². The van der Waals surface area contributed by atoms with Crippen LogP contribution in [0.2, 0.25) is 0 Å². The third-order valence-corrected chi connectivity index (χ3v) is 4.75. The number of hydrogen-bond acceptors (Lipinski definition) is 3. The molecule has 1 heterocycles. The van der Waals surface area contributed by atoms with Gasteiger partial charge in [-0.1, -0.05) is 0 Å². The normalized spacial score (nSPS) is 31.3. The number of halogens is 2. The average molecular weight is 277 g/mol. The van der Waals surface area contributed by atoms with Gasteiger partial charge in [0, 0.05) is 24.8 Å². The smallest absolute Gasteiger partial charge is 0.343 e. The van der Waals surface area contributed by atoms with Crippen molar-refractivity contribution >= 4 is 30.9 Å². The number of aliphatic hydroxyl groups is 1. The zero-order valence-electron chi connectivity index (χ0n) is 8.23. The Morgan fingerprint density at radius 3 is 2.47 bits per heavy atom. The number of alkyl halides is 2. The van der Waals surface area contributed by atoms with E-state index in [4.69, 9.17) is 32.8 Å². The fourth-order valence-corrected chi connectivity index (χ4v) is 4.09. The van der Waals surface area contributed by atoms with Crippen LogP contribution in [0, 0.1) is 0 Å². The molecule has 0 radical (unpaired) electrons. The van der Waals surface area contributed by atoms with Gasteiger partial charge in [-0.25, -0.2) is 9.76 Å². The number of nitrogens with zero attached hydrogens (tertiary/aromatic N) is 1. The Balaban J connectivity index is 2.61. The first kappa shape index (κ1) is 13.7. The van der Waals surface area contributed by atoms with Gasteiger partial charge in [0.15, 0.2) is 0 Å². The van der Waals surface area contributed by atoms with E-state index in [2.05, 4.69) is 5.09 Å². The summed E-state index contributed by atoms with van der Waals surface area (Å²) in [6, 6.07) is -0.274. The Hall–Kier alpha value is 0.650. The molecule has 0 aromatic rings. The second kappa shape index (κ2) is 6.40. The van der Waals surface area contributed by atoms with Crippen molar-refractivity contribution in [3.63, 3.8) is 0 Å². The molecular formula is C7H15Cl2N2O3P. The molecule has 0 amide bonds. The van der Waals surface area contributed by atoms with Gasteiger partial charge in [0.2, 0.25) is 0 Å². The lowest BCUT2D eigenvalue weighted by molar-refractivity contribution is 0.227. The predicted octanol–water partition coefficient (Wildman–Crippen LogP) is 0.855. The van der Waals surface area contributed by atoms with Gasteiger partial charge in [-0.2, -0.15) is 0 Å². The topological polar surface area (TPSA) is 61.8 Å². The third-order valence-electron chi connectivity index (χ3n) is 2.07. The first-order valence-corrected chi connectivity index (χ1v) is 7.31. The van der Waals surface area contributed by atoms with Crippen LogP contribution in [0.1, 0.15) is 0 Å². The molecule has 1 fully saturated rings. The summed E-state index contributed by atoms with van der Waals surface area (Å²) < 4.78 is 19.0. The van der Waals surface area contributed by atoms with E-state index in [-0.39, 0.29) is 19.3 Å². The van der Waals surface area contributed by atoms with Crippen molar-refractivity contribution < 1.29 is 14.2 Å². The van der Waals surface area contributed by atoms with Gasteiger partial charge in [-0.05, 0) is 0 Å². The molecule has 8 heteroatoms. The molecule has 0 saturated carbocycles. The van der Waals surface area contributed by atoms with Crippen molar-refractivity contribution in [3.05, 3.63) is 0 Å². The zero-order chi connectivity index (χ0) is 11.3. The minimum absolute atomic E-state index is 0.0976. The lowest BCUT2D eigenvalue weighted by atomic mass is 10.4. The quantitative estimate of drug-likeness (QED) is 0.557. The van der Waals surface area contributed by atoms with Gasteiger partial charge in [0.1, 0.15) is 0 Å². The molecule has 2 unspecified atom stereocenters. The maximum absolute atomic E-state index is 12.2. The van der Waals surface area contributed by atoms with Crippen LogP contribution in [0.15, 0.2) is 0 Å². The number of nitrogens with one attached hydrogen (secondary N) is 1. The predicted molar refractivity (Wildman–Crippen MR) is 60.6 cm³/mol. The maximum atomic E-state index is 12.2. The summed E-state index contributed by atoms with van der Waals surface area (Å²) in [5.41, 5.74) is 0. The van der Waals surface area contributed by atoms with E-state index < -0.39 is 7.67 Å². The molecule has 0 bridgehead atoms. The van der Waals surface area contributed by atoms with Crippen LogP contribution in [-0.2, 0) is 9.09 Å². The average Bonchev–Trinajstić information content (AvgIpc) is 2.61. The van der Waals surface area contributed by atoms with E-state index in [1.165, 1.54) is 0 Å². The van der Waals surface area contributed by atoms with Crippen LogP contribution >= 0.6 is 30.9 Å². The molecule has 1 saturated heterocycles. The summed E-state index contributed by atoms with van der Waals surface area (Å²) in [5, 5.41) is 11.7. The van der Waals surface area contributed by atoms with Crippen molar-refractivity contribution in [2.45, 2.75) is 6.04 Å². The number of hydrogen-bond donors (Lipinski definition) is 2. The molecule has 1 rings (SSSR count). The van der Waals surface area contributed by atoms with Gasteiger partial charge in [-0.3, -0.25) is 4.57 Å². The number of rotatable bonds is 6. The Bertz CT molecular complexity index is 238. The number of aliphatic hydroxyl groups excluding tert-OH is 1. The molecule has 1 aliphatic rings. The molecule has 2 N–H and O–H groups in total. The van der Waals surface area contributed by atoms with Crippen LogP contribution in [0.4, 0.5) is 0 Å². The summed E-state index contributed by atoms with van der Waals surface area (Å²) >= 11 is 11.2. The second-order valence-electron chi connectivity index (χ2n) is 3.16. The molecule has 2 atom stereocenters. The fraction of sp³-hybridized carbons (Fsp3) is 1.00. The lowest BCUT2D eigenvalue weighted by Gasteiger charge is -2.25. The van der Waals surface area contributed by atoms with Gasteiger partial charge < -0.3 is 9.63 Å². The Labute approximate surface area is 99.2 Å². The first-order chi connectivity index (χ1) is 7.16. The van der Waals surface area contributed by atoms with Crippen molar-refractivity contribution in [2.24, 2.45) is 0 Å². The minimum atomic E-state index is -3.03. The van der Waals surface area contributed by atoms with Crippen molar-refractivity contribution in [1.82, 2.24) is 9.76 Å². The van der Waals surface area contributed by atoms with E-state index in [1.54, 1.807) is 4.67 Å². The van der Waals surface area contributed by atoms with Crippen LogP contribution in [0.25, 0.3) is 0 Å². The standard InChI is InChI=1S/C7H15Cl2N2O3P/c8-1-3-11(4-2-9)15(13)10-7(5-12)6-14-15/h7,12H,1-6H2,(H,10,13). The first-order valence-electron chi connectivity index (χ1n) is 4.67. The van der Waals surface area contributed by atoms with E-state index in [0.29, 0.717) is 24.8 Å². The summed E-state index contributed by atoms with van der Waals surface area (Å²) in [5.74, 6) is 0.714. The molecule has 0 aromatic heterocycles. The lowest BCUT2D eigenvalue weighted by Crippen LogP contribution is -2.33. The van der Waals surface area contributed by atoms with E-state index in [0.717, 1.165) is 0 Å². The van der Waals surface area contributed by atoms with E-state index >= 15 is 0 Å². The Kier molecular flexibility index (Phi) is 5.85.